The van der Waals surface area contributed by atoms with Crippen molar-refractivity contribution < 1.29 is 13.2 Å². The Hall–Kier alpha value is -1.27. The molecule has 6 heteroatoms. The van der Waals surface area contributed by atoms with E-state index in [1.54, 1.807) is 13.2 Å². The zero-order chi connectivity index (χ0) is 14.5. The summed E-state index contributed by atoms with van der Waals surface area (Å²) in [5.74, 6) is 0.607. The smallest absolute Gasteiger partial charge is 0.238 e. The van der Waals surface area contributed by atoms with E-state index in [1.165, 1.54) is 12.1 Å². The molecule has 0 aliphatic carbocycles. The average molecular weight is 286 g/mol. The minimum Gasteiger partial charge on any atom is -0.495 e. The van der Waals surface area contributed by atoms with Crippen LogP contribution in [0.3, 0.4) is 0 Å². The van der Waals surface area contributed by atoms with Gasteiger partial charge in [-0.05, 0) is 31.5 Å². The van der Waals surface area contributed by atoms with E-state index in [0.29, 0.717) is 11.4 Å². The molecule has 0 heterocycles. The third kappa shape index (κ3) is 4.72. The van der Waals surface area contributed by atoms with Gasteiger partial charge in [-0.3, -0.25) is 0 Å². The second kappa shape index (κ2) is 6.77. The highest BCUT2D eigenvalue weighted by molar-refractivity contribution is 7.89. The van der Waals surface area contributed by atoms with Crippen molar-refractivity contribution in [2.45, 2.75) is 44.0 Å². The van der Waals surface area contributed by atoms with Crippen LogP contribution >= 0.6 is 0 Å². The fourth-order valence-electron chi connectivity index (χ4n) is 1.82. The number of benzene rings is 1. The summed E-state index contributed by atoms with van der Waals surface area (Å²) < 4.78 is 27.9. The second-order valence-electron chi connectivity index (χ2n) is 4.59. The Morgan fingerprint density at radius 1 is 1.42 bits per heavy atom. The van der Waals surface area contributed by atoms with Crippen LogP contribution in [0.2, 0.25) is 0 Å². The van der Waals surface area contributed by atoms with E-state index in [4.69, 9.17) is 9.88 Å². The van der Waals surface area contributed by atoms with Crippen LogP contribution in [0.5, 0.6) is 5.75 Å². The molecule has 0 aliphatic heterocycles. The van der Waals surface area contributed by atoms with Crippen LogP contribution in [-0.4, -0.2) is 21.6 Å². The van der Waals surface area contributed by atoms with Gasteiger partial charge in [0, 0.05) is 6.04 Å². The van der Waals surface area contributed by atoms with Crippen LogP contribution < -0.4 is 15.2 Å². The predicted octanol–water partition coefficient (Wildman–Crippen LogP) is 2.33. The van der Waals surface area contributed by atoms with E-state index in [0.717, 1.165) is 19.3 Å². The molecule has 19 heavy (non-hydrogen) atoms. The number of methoxy groups -OCH3 is 1. The molecule has 0 spiro atoms. The van der Waals surface area contributed by atoms with Gasteiger partial charge in [0.15, 0.2) is 0 Å². The lowest BCUT2D eigenvalue weighted by Crippen LogP contribution is -2.17. The molecule has 1 rings (SSSR count). The Bertz CT molecular complexity index is 515. The van der Waals surface area contributed by atoms with Crippen LogP contribution in [0.4, 0.5) is 5.69 Å². The number of hydrogen-bond acceptors (Lipinski definition) is 4. The predicted molar refractivity (Wildman–Crippen MR) is 77.0 cm³/mol. The number of primary sulfonamides is 1. The molecule has 1 atom stereocenters. The third-order valence-corrected chi connectivity index (χ3v) is 3.80. The summed E-state index contributed by atoms with van der Waals surface area (Å²) in [7, 11) is -2.15. The van der Waals surface area contributed by atoms with Crippen LogP contribution in [0.25, 0.3) is 0 Å². The number of hydrogen-bond donors (Lipinski definition) is 2. The molecule has 0 aliphatic rings. The molecule has 108 valence electrons. The number of anilines is 1. The second-order valence-corrected chi connectivity index (χ2v) is 6.16. The van der Waals surface area contributed by atoms with Crippen molar-refractivity contribution in [3.05, 3.63) is 18.2 Å². The molecule has 5 nitrogen and oxygen atoms in total. The number of unbranched alkanes of at least 4 members (excludes halogenated alkanes) is 1. The lowest BCUT2D eigenvalue weighted by atomic mass is 10.1. The first-order valence-electron chi connectivity index (χ1n) is 6.35. The summed E-state index contributed by atoms with van der Waals surface area (Å²) >= 11 is 0. The largest absolute Gasteiger partial charge is 0.495 e. The molecule has 0 amide bonds. The van der Waals surface area contributed by atoms with Crippen molar-refractivity contribution in [1.82, 2.24) is 0 Å². The van der Waals surface area contributed by atoms with Crippen LogP contribution in [0.15, 0.2) is 23.1 Å². The quantitative estimate of drug-likeness (QED) is 0.806. The van der Waals surface area contributed by atoms with E-state index in [1.807, 2.05) is 0 Å². The molecule has 0 bridgehead atoms. The summed E-state index contributed by atoms with van der Waals surface area (Å²) in [5, 5.41) is 8.40. The van der Waals surface area contributed by atoms with Gasteiger partial charge in [-0.25, -0.2) is 13.6 Å². The highest BCUT2D eigenvalue weighted by Crippen LogP contribution is 2.28. The maximum absolute atomic E-state index is 11.4. The molecule has 0 saturated carbocycles. The van der Waals surface area contributed by atoms with Crippen molar-refractivity contribution in [1.29, 1.82) is 0 Å². The van der Waals surface area contributed by atoms with Crippen molar-refractivity contribution in [2.24, 2.45) is 5.14 Å². The molecule has 0 saturated heterocycles. The standard InChI is InChI=1S/C13H22N2O3S/c1-4-5-6-10(2)15-12-9-11(19(14,16)17)7-8-13(12)18-3/h7-10,15H,4-6H2,1-3H3,(H2,14,16,17). The first-order chi connectivity index (χ1) is 8.88. The zero-order valence-corrected chi connectivity index (χ0v) is 12.5. The Kier molecular flexibility index (Phi) is 5.62. The molecule has 1 aromatic carbocycles. The Balaban J connectivity index is 2.96. The summed E-state index contributed by atoms with van der Waals surface area (Å²) in [5.41, 5.74) is 0.651. The van der Waals surface area contributed by atoms with Gasteiger partial charge in [0.2, 0.25) is 10.0 Å². The van der Waals surface area contributed by atoms with Gasteiger partial charge in [-0.2, -0.15) is 0 Å². The topological polar surface area (TPSA) is 81.4 Å². The first kappa shape index (κ1) is 15.8. The number of sulfonamides is 1. The normalized spacial score (nSPS) is 13.1. The maximum atomic E-state index is 11.4. The molecule has 3 N–H and O–H groups in total. The first-order valence-corrected chi connectivity index (χ1v) is 7.90. The van der Waals surface area contributed by atoms with Gasteiger partial charge < -0.3 is 10.1 Å². The molecular weight excluding hydrogens is 264 g/mol. The summed E-state index contributed by atoms with van der Waals surface area (Å²) in [6, 6.07) is 4.80. The van der Waals surface area contributed by atoms with Crippen molar-refractivity contribution >= 4 is 15.7 Å². The van der Waals surface area contributed by atoms with Crippen molar-refractivity contribution in [2.75, 3.05) is 12.4 Å². The number of ether oxygens (including phenoxy) is 1. The van der Waals surface area contributed by atoms with Gasteiger partial charge in [-0.15, -0.1) is 0 Å². The fraction of sp³-hybridized carbons (Fsp3) is 0.538. The Morgan fingerprint density at radius 2 is 2.11 bits per heavy atom. The molecule has 0 radical (unpaired) electrons. The lowest BCUT2D eigenvalue weighted by Gasteiger charge is -2.18. The van der Waals surface area contributed by atoms with Crippen LogP contribution in [0.1, 0.15) is 33.1 Å². The van der Waals surface area contributed by atoms with Gasteiger partial charge in [0.1, 0.15) is 5.75 Å². The van der Waals surface area contributed by atoms with E-state index >= 15 is 0 Å². The van der Waals surface area contributed by atoms with Crippen LogP contribution in [-0.2, 0) is 10.0 Å². The van der Waals surface area contributed by atoms with Gasteiger partial charge in [0.05, 0.1) is 17.7 Å². The van der Waals surface area contributed by atoms with Gasteiger partial charge in [-0.1, -0.05) is 19.8 Å². The molecule has 1 aromatic rings. The van der Waals surface area contributed by atoms with Gasteiger partial charge in [0.25, 0.3) is 0 Å². The molecule has 0 aromatic heterocycles. The highest BCUT2D eigenvalue weighted by Gasteiger charge is 2.13. The monoisotopic (exact) mass is 286 g/mol. The van der Waals surface area contributed by atoms with Gasteiger partial charge >= 0.3 is 0 Å². The molecular formula is C13H22N2O3S. The van der Waals surface area contributed by atoms with Crippen molar-refractivity contribution in [3.63, 3.8) is 0 Å². The van der Waals surface area contributed by atoms with E-state index in [9.17, 15) is 8.42 Å². The molecule has 0 fully saturated rings. The minimum absolute atomic E-state index is 0.0819. The van der Waals surface area contributed by atoms with E-state index in [-0.39, 0.29) is 10.9 Å². The zero-order valence-electron chi connectivity index (χ0n) is 11.6. The molecule has 1 unspecified atom stereocenters. The summed E-state index contributed by atoms with van der Waals surface area (Å²) in [6.07, 6.45) is 3.25. The minimum atomic E-state index is -3.70. The average Bonchev–Trinajstić information content (AvgIpc) is 2.35. The number of nitrogens with two attached hydrogens (primary N) is 1. The third-order valence-electron chi connectivity index (χ3n) is 2.89. The number of nitrogens with one attached hydrogen (secondary N) is 1. The van der Waals surface area contributed by atoms with E-state index < -0.39 is 10.0 Å². The van der Waals surface area contributed by atoms with Crippen molar-refractivity contribution in [3.8, 4) is 5.75 Å². The van der Waals surface area contributed by atoms with Crippen LogP contribution in [0, 0.1) is 0 Å². The fourth-order valence-corrected chi connectivity index (χ4v) is 2.36. The Labute approximate surface area is 115 Å². The highest BCUT2D eigenvalue weighted by atomic mass is 32.2. The Morgan fingerprint density at radius 3 is 2.63 bits per heavy atom. The summed E-state index contributed by atoms with van der Waals surface area (Å²) in [6.45, 7) is 4.19. The SMILES string of the molecule is CCCCC(C)Nc1cc(S(N)(=O)=O)ccc1OC. The number of rotatable bonds is 7. The maximum Gasteiger partial charge on any atom is 0.238 e. The summed E-state index contributed by atoms with van der Waals surface area (Å²) in [4.78, 5) is 0.0819. The van der Waals surface area contributed by atoms with E-state index in [2.05, 4.69) is 19.2 Å². The lowest BCUT2D eigenvalue weighted by molar-refractivity contribution is 0.415.